The Labute approximate surface area is 128 Å². The van der Waals surface area contributed by atoms with Gasteiger partial charge in [-0.3, -0.25) is 4.79 Å². The molecule has 0 aromatic heterocycles. The Balaban J connectivity index is 2.12. The molecule has 22 heavy (non-hydrogen) atoms. The molecule has 0 atom stereocenters. The van der Waals surface area contributed by atoms with Gasteiger partial charge in [-0.15, -0.1) is 0 Å². The molecule has 0 radical (unpaired) electrons. The van der Waals surface area contributed by atoms with Crippen LogP contribution >= 0.6 is 0 Å². The molecule has 5 heteroatoms. The summed E-state index contributed by atoms with van der Waals surface area (Å²) in [4.78, 5) is 24.2. The van der Waals surface area contributed by atoms with Crippen LogP contribution in [0.4, 0.5) is 0 Å². The van der Waals surface area contributed by atoms with Crippen LogP contribution in [0.1, 0.15) is 20.7 Å². The SMILES string of the molecule is COc1cccc(OC)c1C(=O)COC(=O)c1ccccc1. The summed E-state index contributed by atoms with van der Waals surface area (Å²) in [6, 6.07) is 13.5. The lowest BCUT2D eigenvalue weighted by Gasteiger charge is -2.12. The summed E-state index contributed by atoms with van der Waals surface area (Å²) >= 11 is 0. The smallest absolute Gasteiger partial charge is 0.338 e. The number of ketones is 1. The molecule has 0 saturated carbocycles. The highest BCUT2D eigenvalue weighted by Gasteiger charge is 2.19. The van der Waals surface area contributed by atoms with Crippen LogP contribution in [-0.2, 0) is 4.74 Å². The molecule has 0 spiro atoms. The number of ether oxygens (including phenoxy) is 3. The van der Waals surface area contributed by atoms with Crippen LogP contribution in [0.2, 0.25) is 0 Å². The minimum absolute atomic E-state index is 0.258. The molecule has 0 fully saturated rings. The molecule has 2 rings (SSSR count). The third kappa shape index (κ3) is 3.44. The van der Waals surface area contributed by atoms with Gasteiger partial charge in [0, 0.05) is 0 Å². The molecular formula is C17H16O5. The molecule has 2 aromatic rings. The van der Waals surface area contributed by atoms with Gasteiger partial charge in [-0.25, -0.2) is 4.79 Å². The Morgan fingerprint density at radius 2 is 1.45 bits per heavy atom. The van der Waals surface area contributed by atoms with Crippen LogP contribution in [0.5, 0.6) is 11.5 Å². The van der Waals surface area contributed by atoms with Crippen molar-refractivity contribution in [2.75, 3.05) is 20.8 Å². The van der Waals surface area contributed by atoms with Gasteiger partial charge in [-0.2, -0.15) is 0 Å². The minimum Gasteiger partial charge on any atom is -0.496 e. The fraction of sp³-hybridized carbons (Fsp3) is 0.176. The second kappa shape index (κ2) is 7.26. The molecule has 0 heterocycles. The molecular weight excluding hydrogens is 284 g/mol. The van der Waals surface area contributed by atoms with Crippen molar-refractivity contribution in [3.8, 4) is 11.5 Å². The van der Waals surface area contributed by atoms with E-state index >= 15 is 0 Å². The Bertz CT molecular complexity index is 642. The number of rotatable bonds is 6. The topological polar surface area (TPSA) is 61.8 Å². The van der Waals surface area contributed by atoms with E-state index in [1.807, 2.05) is 0 Å². The summed E-state index contributed by atoms with van der Waals surface area (Å²) in [6.07, 6.45) is 0. The second-order valence-electron chi connectivity index (χ2n) is 4.40. The predicted molar refractivity (Wildman–Crippen MR) is 80.6 cm³/mol. The van der Waals surface area contributed by atoms with Crippen molar-refractivity contribution in [3.05, 3.63) is 59.7 Å². The van der Waals surface area contributed by atoms with Gasteiger partial charge in [0.25, 0.3) is 0 Å². The van der Waals surface area contributed by atoms with Gasteiger partial charge in [-0.1, -0.05) is 24.3 Å². The summed E-state index contributed by atoms with van der Waals surface area (Å²) in [5.74, 6) is -0.193. The lowest BCUT2D eigenvalue weighted by Crippen LogP contribution is -2.15. The molecule has 0 amide bonds. The zero-order valence-corrected chi connectivity index (χ0v) is 12.4. The van der Waals surface area contributed by atoms with Gasteiger partial charge < -0.3 is 14.2 Å². The van der Waals surface area contributed by atoms with E-state index in [0.717, 1.165) is 0 Å². The van der Waals surface area contributed by atoms with Crippen molar-refractivity contribution in [2.24, 2.45) is 0 Å². The van der Waals surface area contributed by atoms with Gasteiger partial charge in [0.15, 0.2) is 6.61 Å². The van der Waals surface area contributed by atoms with E-state index in [1.165, 1.54) is 14.2 Å². The molecule has 0 bridgehead atoms. The number of carbonyl (C=O) groups excluding carboxylic acids is 2. The summed E-state index contributed by atoms with van der Waals surface area (Å²) < 4.78 is 15.4. The van der Waals surface area contributed by atoms with Crippen LogP contribution in [0.3, 0.4) is 0 Å². The van der Waals surface area contributed by atoms with E-state index in [0.29, 0.717) is 17.1 Å². The molecule has 0 N–H and O–H groups in total. The normalized spacial score (nSPS) is 9.91. The van der Waals surface area contributed by atoms with Crippen molar-refractivity contribution < 1.29 is 23.8 Å². The summed E-state index contributed by atoms with van der Waals surface area (Å²) in [5.41, 5.74) is 0.649. The number of benzene rings is 2. The zero-order chi connectivity index (χ0) is 15.9. The fourth-order valence-electron chi connectivity index (χ4n) is 1.99. The van der Waals surface area contributed by atoms with Crippen LogP contribution in [-0.4, -0.2) is 32.6 Å². The van der Waals surface area contributed by atoms with Crippen molar-refractivity contribution in [3.63, 3.8) is 0 Å². The zero-order valence-electron chi connectivity index (χ0n) is 12.4. The van der Waals surface area contributed by atoms with Crippen LogP contribution in [0.15, 0.2) is 48.5 Å². The molecule has 5 nitrogen and oxygen atoms in total. The van der Waals surface area contributed by atoms with Gasteiger partial charge in [0.05, 0.1) is 19.8 Å². The lowest BCUT2D eigenvalue weighted by molar-refractivity contribution is 0.0473. The lowest BCUT2D eigenvalue weighted by atomic mass is 10.1. The Morgan fingerprint density at radius 3 is 2.00 bits per heavy atom. The standard InChI is InChI=1S/C17H16O5/c1-20-14-9-6-10-15(21-2)16(14)13(18)11-22-17(19)12-7-4-3-5-8-12/h3-10H,11H2,1-2H3. The van der Waals surface area contributed by atoms with Gasteiger partial charge in [0.1, 0.15) is 17.1 Å². The van der Waals surface area contributed by atoms with Crippen LogP contribution in [0, 0.1) is 0 Å². The third-order valence-electron chi connectivity index (χ3n) is 3.05. The summed E-state index contributed by atoms with van der Waals surface area (Å²) in [5, 5.41) is 0. The number of methoxy groups -OCH3 is 2. The summed E-state index contributed by atoms with van der Waals surface area (Å²) in [6.45, 7) is -0.384. The highest BCUT2D eigenvalue weighted by molar-refractivity contribution is 6.03. The Morgan fingerprint density at radius 1 is 0.864 bits per heavy atom. The second-order valence-corrected chi connectivity index (χ2v) is 4.40. The molecule has 0 aliphatic heterocycles. The van der Waals surface area contributed by atoms with Crippen molar-refractivity contribution >= 4 is 11.8 Å². The first-order valence-electron chi connectivity index (χ1n) is 6.63. The van der Waals surface area contributed by atoms with Crippen molar-refractivity contribution in [1.29, 1.82) is 0 Å². The van der Waals surface area contributed by atoms with E-state index in [9.17, 15) is 9.59 Å². The molecule has 0 unspecified atom stereocenters. The molecule has 0 aliphatic carbocycles. The van der Waals surface area contributed by atoms with E-state index in [2.05, 4.69) is 0 Å². The van der Waals surface area contributed by atoms with E-state index in [1.54, 1.807) is 48.5 Å². The predicted octanol–water partition coefficient (Wildman–Crippen LogP) is 2.74. The maximum atomic E-state index is 12.3. The maximum absolute atomic E-state index is 12.3. The average Bonchev–Trinajstić information content (AvgIpc) is 2.59. The van der Waals surface area contributed by atoms with Crippen LogP contribution in [0.25, 0.3) is 0 Å². The average molecular weight is 300 g/mol. The monoisotopic (exact) mass is 300 g/mol. The quantitative estimate of drug-likeness (QED) is 0.606. The largest absolute Gasteiger partial charge is 0.496 e. The van der Waals surface area contributed by atoms with E-state index in [-0.39, 0.29) is 12.2 Å². The highest BCUT2D eigenvalue weighted by Crippen LogP contribution is 2.28. The minimum atomic E-state index is -0.553. The first-order chi connectivity index (χ1) is 10.7. The molecule has 114 valence electrons. The number of hydrogen-bond donors (Lipinski definition) is 0. The molecule has 0 saturated heterocycles. The molecule has 2 aromatic carbocycles. The first-order valence-corrected chi connectivity index (χ1v) is 6.63. The summed E-state index contributed by atoms with van der Waals surface area (Å²) in [7, 11) is 2.92. The van der Waals surface area contributed by atoms with E-state index in [4.69, 9.17) is 14.2 Å². The Kier molecular flexibility index (Phi) is 5.14. The number of carbonyl (C=O) groups is 2. The van der Waals surface area contributed by atoms with Gasteiger partial charge >= 0.3 is 5.97 Å². The van der Waals surface area contributed by atoms with Crippen molar-refractivity contribution in [1.82, 2.24) is 0 Å². The van der Waals surface area contributed by atoms with Crippen molar-refractivity contribution in [2.45, 2.75) is 0 Å². The first kappa shape index (κ1) is 15.6. The van der Waals surface area contributed by atoms with Gasteiger partial charge in [-0.05, 0) is 24.3 Å². The fourth-order valence-corrected chi connectivity index (χ4v) is 1.99. The number of hydrogen-bond acceptors (Lipinski definition) is 5. The Hall–Kier alpha value is -2.82. The highest BCUT2D eigenvalue weighted by atomic mass is 16.5. The maximum Gasteiger partial charge on any atom is 0.338 e. The van der Waals surface area contributed by atoms with E-state index < -0.39 is 11.8 Å². The number of Topliss-reactive ketones (excluding diaryl/α,β-unsaturated/α-hetero) is 1. The van der Waals surface area contributed by atoms with Crippen LogP contribution < -0.4 is 9.47 Å². The van der Waals surface area contributed by atoms with Gasteiger partial charge in [0.2, 0.25) is 5.78 Å². The molecule has 0 aliphatic rings. The number of esters is 1. The third-order valence-corrected chi connectivity index (χ3v) is 3.05.